The molecule has 0 fully saturated rings. The van der Waals surface area contributed by atoms with Gasteiger partial charge >= 0.3 is 12.1 Å². The van der Waals surface area contributed by atoms with Gasteiger partial charge in [0.05, 0.1) is 12.0 Å². The Morgan fingerprint density at radius 2 is 1.65 bits per heavy atom. The molecule has 3 aromatic carbocycles. The van der Waals surface area contributed by atoms with Crippen LogP contribution in [0.4, 0.5) is 13.2 Å². The Hall–Kier alpha value is -3.52. The minimum Gasteiger partial charge on any atom is -0.489 e. The largest absolute Gasteiger partial charge is 0.489 e. The molecule has 176 valence electrons. The van der Waals surface area contributed by atoms with Crippen molar-refractivity contribution in [2.75, 3.05) is 0 Å². The summed E-state index contributed by atoms with van der Waals surface area (Å²) in [6, 6.07) is 16.0. The smallest absolute Gasteiger partial charge is 0.416 e. The molecule has 34 heavy (non-hydrogen) atoms. The third-order valence-electron chi connectivity index (χ3n) is 5.25. The van der Waals surface area contributed by atoms with Gasteiger partial charge in [0.25, 0.3) is 0 Å². The number of carboxylic acid groups (broad SMARTS) is 1. The van der Waals surface area contributed by atoms with Crippen molar-refractivity contribution in [3.05, 3.63) is 93.9 Å². The number of aryl methyl sites for hydroxylation is 1. The quantitative estimate of drug-likeness (QED) is 0.291. The van der Waals surface area contributed by atoms with Crippen molar-refractivity contribution >= 4 is 27.4 Å². The number of ether oxygens (including phenoxy) is 2. The lowest BCUT2D eigenvalue weighted by Gasteiger charge is -2.11. The summed E-state index contributed by atoms with van der Waals surface area (Å²) < 4.78 is 50.7. The highest BCUT2D eigenvalue weighted by molar-refractivity contribution is 7.17. The van der Waals surface area contributed by atoms with Gasteiger partial charge in [-0.1, -0.05) is 24.3 Å². The van der Waals surface area contributed by atoms with Crippen molar-refractivity contribution in [3.63, 3.8) is 0 Å². The Morgan fingerprint density at radius 3 is 2.35 bits per heavy atom. The van der Waals surface area contributed by atoms with Gasteiger partial charge in [0, 0.05) is 4.70 Å². The molecule has 4 rings (SSSR count). The van der Waals surface area contributed by atoms with Crippen molar-refractivity contribution < 1.29 is 32.5 Å². The fourth-order valence-electron chi connectivity index (χ4n) is 3.65. The van der Waals surface area contributed by atoms with Gasteiger partial charge < -0.3 is 14.6 Å². The highest BCUT2D eigenvalue weighted by Gasteiger charge is 2.29. The summed E-state index contributed by atoms with van der Waals surface area (Å²) in [4.78, 5) is 11.1. The van der Waals surface area contributed by atoms with Crippen molar-refractivity contribution in [2.45, 2.75) is 32.7 Å². The van der Waals surface area contributed by atoms with Gasteiger partial charge in [-0.2, -0.15) is 13.2 Å². The number of alkyl halides is 3. The third-order valence-corrected chi connectivity index (χ3v) is 6.23. The highest BCUT2D eigenvalue weighted by Crippen LogP contribution is 2.34. The summed E-state index contributed by atoms with van der Waals surface area (Å²) in [6.07, 6.45) is -4.37. The number of hydrogen-bond donors (Lipinski definition) is 1. The van der Waals surface area contributed by atoms with Gasteiger partial charge in [0.2, 0.25) is 0 Å². The second kappa shape index (κ2) is 9.77. The molecule has 0 spiro atoms. The van der Waals surface area contributed by atoms with Crippen LogP contribution in [0.25, 0.3) is 10.1 Å². The van der Waals surface area contributed by atoms with E-state index in [1.807, 2.05) is 42.6 Å². The molecule has 1 heterocycles. The molecule has 0 aliphatic rings. The van der Waals surface area contributed by atoms with Crippen LogP contribution in [0, 0.1) is 6.92 Å². The number of aliphatic carboxylic acids is 1. The lowest BCUT2D eigenvalue weighted by Crippen LogP contribution is -2.05. The second-order valence-corrected chi connectivity index (χ2v) is 8.78. The zero-order chi connectivity index (χ0) is 24.3. The monoisotopic (exact) mass is 486 g/mol. The van der Waals surface area contributed by atoms with E-state index in [2.05, 4.69) is 0 Å². The molecule has 0 amide bonds. The van der Waals surface area contributed by atoms with E-state index in [0.29, 0.717) is 23.7 Å². The number of fused-ring (bicyclic) bond motifs is 1. The number of benzene rings is 3. The zero-order valence-electron chi connectivity index (χ0n) is 18.2. The van der Waals surface area contributed by atoms with E-state index in [1.54, 1.807) is 6.07 Å². The molecule has 8 heteroatoms. The molecule has 1 aromatic heterocycles. The number of hydrogen-bond acceptors (Lipinski definition) is 4. The van der Waals surface area contributed by atoms with Crippen LogP contribution in [-0.4, -0.2) is 11.1 Å². The minimum absolute atomic E-state index is 0.0136. The maximum atomic E-state index is 12.7. The lowest BCUT2D eigenvalue weighted by molar-refractivity contribution is -0.138. The standard InChI is InChI=1S/C26H21F3O4S/c1-16-9-22(12-23-25(16)19(15-34-23)11-24(30)31)33-14-18-3-2-4-21(10-18)32-13-17-5-7-20(8-6-17)26(27,28)29/h2-10,12,15H,11,13-14H2,1H3,(H,30,31). The Kier molecular flexibility index (Phi) is 6.79. The molecule has 0 atom stereocenters. The molecule has 0 saturated carbocycles. The first-order valence-electron chi connectivity index (χ1n) is 10.4. The molecule has 0 aliphatic carbocycles. The summed E-state index contributed by atoms with van der Waals surface area (Å²) in [5.74, 6) is 0.411. The Labute approximate surface area is 198 Å². The Balaban J connectivity index is 1.39. The zero-order valence-corrected chi connectivity index (χ0v) is 19.0. The molecule has 1 N–H and O–H groups in total. The topological polar surface area (TPSA) is 55.8 Å². The van der Waals surface area contributed by atoms with E-state index in [9.17, 15) is 18.0 Å². The van der Waals surface area contributed by atoms with Gasteiger partial charge in [-0.05, 0) is 76.3 Å². The average molecular weight is 487 g/mol. The van der Waals surface area contributed by atoms with Crippen molar-refractivity contribution in [2.24, 2.45) is 0 Å². The van der Waals surface area contributed by atoms with Crippen LogP contribution >= 0.6 is 11.3 Å². The van der Waals surface area contributed by atoms with Crippen LogP contribution in [0.3, 0.4) is 0 Å². The first-order valence-corrected chi connectivity index (χ1v) is 11.3. The number of halogens is 3. The molecule has 4 nitrogen and oxygen atoms in total. The SMILES string of the molecule is Cc1cc(OCc2cccc(OCc3ccc(C(F)(F)F)cc3)c2)cc2scc(CC(=O)O)c12. The predicted octanol–water partition coefficient (Wildman–Crippen LogP) is 7.01. The van der Waals surface area contributed by atoms with Gasteiger partial charge in [0.15, 0.2) is 0 Å². The van der Waals surface area contributed by atoms with Crippen LogP contribution in [0.15, 0.2) is 66.0 Å². The van der Waals surface area contributed by atoms with Crippen LogP contribution in [0.1, 0.15) is 27.8 Å². The van der Waals surface area contributed by atoms with Gasteiger partial charge in [-0.15, -0.1) is 11.3 Å². The number of carbonyl (C=O) groups is 1. The molecule has 0 saturated heterocycles. The first-order chi connectivity index (χ1) is 16.2. The van der Waals surface area contributed by atoms with E-state index >= 15 is 0 Å². The maximum Gasteiger partial charge on any atom is 0.416 e. The number of carboxylic acids is 1. The van der Waals surface area contributed by atoms with Crippen LogP contribution < -0.4 is 9.47 Å². The molecular weight excluding hydrogens is 465 g/mol. The normalized spacial score (nSPS) is 11.5. The van der Waals surface area contributed by atoms with E-state index in [-0.39, 0.29) is 13.0 Å². The lowest BCUT2D eigenvalue weighted by atomic mass is 10.1. The van der Waals surface area contributed by atoms with Gasteiger partial charge in [-0.3, -0.25) is 4.79 Å². The predicted molar refractivity (Wildman–Crippen MR) is 124 cm³/mol. The molecule has 4 aromatic rings. The molecule has 0 unspecified atom stereocenters. The summed E-state index contributed by atoms with van der Waals surface area (Å²) in [5.41, 5.74) is 2.58. The summed E-state index contributed by atoms with van der Waals surface area (Å²) in [5, 5.41) is 11.9. The second-order valence-electron chi connectivity index (χ2n) is 7.86. The molecule has 0 bridgehead atoms. The van der Waals surface area contributed by atoms with E-state index in [4.69, 9.17) is 14.6 Å². The molecule has 0 aliphatic heterocycles. The summed E-state index contributed by atoms with van der Waals surface area (Å²) in [7, 11) is 0. The van der Waals surface area contributed by atoms with E-state index in [0.717, 1.165) is 38.9 Å². The van der Waals surface area contributed by atoms with E-state index < -0.39 is 17.7 Å². The van der Waals surface area contributed by atoms with Crippen LogP contribution in [0.5, 0.6) is 11.5 Å². The average Bonchev–Trinajstić information content (AvgIpc) is 3.19. The number of thiophene rings is 1. The minimum atomic E-state index is -4.36. The van der Waals surface area contributed by atoms with Crippen LogP contribution in [0.2, 0.25) is 0 Å². The Morgan fingerprint density at radius 1 is 0.941 bits per heavy atom. The van der Waals surface area contributed by atoms with E-state index in [1.165, 1.54) is 23.5 Å². The highest BCUT2D eigenvalue weighted by atomic mass is 32.1. The summed E-state index contributed by atoms with van der Waals surface area (Å²) >= 11 is 1.49. The number of rotatable bonds is 8. The van der Waals surface area contributed by atoms with Gasteiger partial charge in [-0.25, -0.2) is 0 Å². The fraction of sp³-hybridized carbons (Fsp3) is 0.192. The first kappa shape index (κ1) is 23.6. The van der Waals surface area contributed by atoms with Crippen molar-refractivity contribution in [1.82, 2.24) is 0 Å². The maximum absolute atomic E-state index is 12.7. The third kappa shape index (κ3) is 5.69. The Bertz CT molecular complexity index is 1310. The summed E-state index contributed by atoms with van der Waals surface area (Å²) in [6.45, 7) is 2.38. The van der Waals surface area contributed by atoms with Crippen molar-refractivity contribution in [3.8, 4) is 11.5 Å². The van der Waals surface area contributed by atoms with Gasteiger partial charge in [0.1, 0.15) is 24.7 Å². The fourth-order valence-corrected chi connectivity index (χ4v) is 4.71. The molecule has 0 radical (unpaired) electrons. The molecular formula is C26H21F3O4S. The van der Waals surface area contributed by atoms with Crippen molar-refractivity contribution in [1.29, 1.82) is 0 Å². The van der Waals surface area contributed by atoms with Crippen LogP contribution in [-0.2, 0) is 30.6 Å².